The van der Waals surface area contributed by atoms with E-state index in [-0.39, 0.29) is 17.8 Å². The lowest BCUT2D eigenvalue weighted by Gasteiger charge is -2.34. The van der Waals surface area contributed by atoms with E-state index in [1.165, 1.54) is 12.1 Å². The molecule has 1 aliphatic rings. The Hall–Kier alpha value is -3.50. The van der Waals surface area contributed by atoms with E-state index in [0.29, 0.717) is 31.6 Å². The molecule has 146 valence electrons. The zero-order chi connectivity index (χ0) is 20.2. The van der Waals surface area contributed by atoms with E-state index in [2.05, 4.69) is 26.3 Å². The van der Waals surface area contributed by atoms with Crippen LogP contribution in [0.1, 0.15) is 28.1 Å². The molecule has 0 aliphatic carbocycles. The largest absolute Gasteiger partial charge is 0.351 e. The third-order valence-electron chi connectivity index (χ3n) is 5.15. The summed E-state index contributed by atoms with van der Waals surface area (Å²) in [5, 5.41) is 11.9. The maximum absolute atomic E-state index is 13.2. The van der Waals surface area contributed by atoms with Crippen LogP contribution in [-0.2, 0) is 30.8 Å². The Kier molecular flexibility index (Phi) is 5.36. The molecular weight excluding hydrogens is 369 g/mol. The van der Waals surface area contributed by atoms with Gasteiger partial charge in [-0.2, -0.15) is 5.26 Å². The summed E-state index contributed by atoms with van der Waals surface area (Å²) >= 11 is 0. The number of carbonyl (C=O) groups is 1. The van der Waals surface area contributed by atoms with Gasteiger partial charge in [0.05, 0.1) is 35.4 Å². The highest BCUT2D eigenvalue weighted by atomic mass is 19.1. The third-order valence-corrected chi connectivity index (χ3v) is 5.15. The molecule has 2 N–H and O–H groups in total. The van der Waals surface area contributed by atoms with Gasteiger partial charge in [-0.3, -0.25) is 9.69 Å². The second-order valence-corrected chi connectivity index (χ2v) is 7.11. The molecule has 0 saturated heterocycles. The first-order valence-electron chi connectivity index (χ1n) is 9.39. The maximum Gasteiger partial charge on any atom is 0.238 e. The van der Waals surface area contributed by atoms with Crippen molar-refractivity contribution in [2.24, 2.45) is 0 Å². The second kappa shape index (κ2) is 8.25. The number of hydrogen-bond acceptors (Lipinski definition) is 4. The number of aromatic nitrogens is 2. The number of fused-ring (bicyclic) bond motifs is 1. The molecular formula is C22H20FN5O. The normalized spacial score (nSPS) is 16.1. The number of amides is 1. The van der Waals surface area contributed by atoms with Gasteiger partial charge in [0.25, 0.3) is 0 Å². The van der Waals surface area contributed by atoms with E-state index in [0.717, 1.165) is 22.5 Å². The molecule has 0 fully saturated rings. The van der Waals surface area contributed by atoms with Gasteiger partial charge >= 0.3 is 0 Å². The number of carbonyl (C=O) groups excluding carboxylic acids is 1. The summed E-state index contributed by atoms with van der Waals surface area (Å²) in [6, 6.07) is 15.2. The van der Waals surface area contributed by atoms with Crippen molar-refractivity contribution in [2.45, 2.75) is 32.1 Å². The Labute approximate surface area is 168 Å². The van der Waals surface area contributed by atoms with Crippen molar-refractivity contribution < 1.29 is 9.18 Å². The number of rotatable bonds is 5. The lowest BCUT2D eigenvalue weighted by atomic mass is 10.0. The topological polar surface area (TPSA) is 84.8 Å². The Bertz CT molecular complexity index is 1040. The van der Waals surface area contributed by atoms with Crippen LogP contribution in [0.5, 0.6) is 0 Å². The Morgan fingerprint density at radius 2 is 1.93 bits per heavy atom. The van der Waals surface area contributed by atoms with Crippen molar-refractivity contribution in [3.63, 3.8) is 0 Å². The molecule has 0 saturated carbocycles. The molecule has 2 heterocycles. The number of nitrogens with zero attached hydrogens (tertiary/aromatic N) is 3. The van der Waals surface area contributed by atoms with Crippen LogP contribution in [-0.4, -0.2) is 26.8 Å². The molecule has 29 heavy (non-hydrogen) atoms. The molecule has 0 spiro atoms. The molecule has 3 aromatic rings. The molecule has 4 rings (SSSR count). The predicted molar refractivity (Wildman–Crippen MR) is 105 cm³/mol. The highest BCUT2D eigenvalue weighted by molar-refractivity contribution is 5.82. The van der Waals surface area contributed by atoms with Gasteiger partial charge < -0.3 is 10.3 Å². The Morgan fingerprint density at radius 1 is 1.21 bits per heavy atom. The molecule has 1 amide bonds. The fourth-order valence-corrected chi connectivity index (χ4v) is 3.54. The summed E-state index contributed by atoms with van der Waals surface area (Å²) in [5.41, 5.74) is 4.36. The first-order valence-corrected chi connectivity index (χ1v) is 9.39. The van der Waals surface area contributed by atoms with Gasteiger partial charge in [0.1, 0.15) is 5.82 Å². The number of H-pyrrole nitrogens is 1. The number of hydrogen-bond donors (Lipinski definition) is 2. The molecule has 1 atom stereocenters. The van der Waals surface area contributed by atoms with Crippen LogP contribution in [0.3, 0.4) is 0 Å². The Balaban J connectivity index is 1.47. The van der Waals surface area contributed by atoms with Gasteiger partial charge in [-0.1, -0.05) is 24.3 Å². The summed E-state index contributed by atoms with van der Waals surface area (Å²) in [5.74, 6) is -0.356. The highest BCUT2D eigenvalue weighted by Gasteiger charge is 2.32. The van der Waals surface area contributed by atoms with Crippen molar-refractivity contribution in [2.75, 3.05) is 0 Å². The summed E-state index contributed by atoms with van der Waals surface area (Å²) in [6.07, 6.45) is 2.16. The van der Waals surface area contributed by atoms with Crippen molar-refractivity contribution in [1.82, 2.24) is 20.2 Å². The molecule has 7 heteroatoms. The van der Waals surface area contributed by atoms with Crippen molar-refractivity contribution in [3.8, 4) is 6.07 Å². The number of benzene rings is 2. The predicted octanol–water partition coefficient (Wildman–Crippen LogP) is 2.66. The van der Waals surface area contributed by atoms with Crippen molar-refractivity contribution in [1.29, 1.82) is 5.26 Å². The fourth-order valence-electron chi connectivity index (χ4n) is 3.54. The van der Waals surface area contributed by atoms with Crippen molar-refractivity contribution >= 4 is 5.91 Å². The average Bonchev–Trinajstić information content (AvgIpc) is 3.21. The molecule has 2 aromatic carbocycles. The van der Waals surface area contributed by atoms with E-state index in [1.54, 1.807) is 30.6 Å². The van der Waals surface area contributed by atoms with E-state index < -0.39 is 0 Å². The second-order valence-electron chi connectivity index (χ2n) is 7.11. The van der Waals surface area contributed by atoms with Gasteiger partial charge in [-0.05, 0) is 35.4 Å². The SMILES string of the molecule is N#Cc1ccc(CNC(=O)[C@@H]2Cc3nc[nH]c3CN2Cc2ccc(F)cc2)cc1. The van der Waals surface area contributed by atoms with Crippen LogP contribution < -0.4 is 5.32 Å². The lowest BCUT2D eigenvalue weighted by molar-refractivity contribution is -0.127. The minimum atomic E-state index is -0.366. The maximum atomic E-state index is 13.2. The highest BCUT2D eigenvalue weighted by Crippen LogP contribution is 2.23. The van der Waals surface area contributed by atoms with Crippen LogP contribution in [0.15, 0.2) is 54.9 Å². The number of imidazole rings is 1. The molecule has 1 aliphatic heterocycles. The first-order chi connectivity index (χ1) is 14.1. The molecule has 6 nitrogen and oxygen atoms in total. The summed E-state index contributed by atoms with van der Waals surface area (Å²) in [4.78, 5) is 22.5. The summed E-state index contributed by atoms with van der Waals surface area (Å²) in [6.45, 7) is 1.49. The van der Waals surface area contributed by atoms with Crippen LogP contribution in [0.4, 0.5) is 4.39 Å². The quantitative estimate of drug-likeness (QED) is 0.703. The number of aromatic amines is 1. The first kappa shape index (κ1) is 18.8. The standard InChI is InChI=1S/C22H20FN5O/c23-18-7-5-17(6-8-18)12-28-13-20-19(26-14-27-20)9-21(28)22(29)25-11-16-3-1-15(10-24)2-4-16/h1-8,14,21H,9,11-13H2,(H,25,29)(H,26,27)/t21-/m0/s1. The monoisotopic (exact) mass is 389 g/mol. The zero-order valence-electron chi connectivity index (χ0n) is 15.7. The van der Waals surface area contributed by atoms with E-state index in [1.807, 2.05) is 12.1 Å². The minimum absolute atomic E-state index is 0.0786. The molecule has 0 radical (unpaired) electrons. The number of nitriles is 1. The van der Waals surface area contributed by atoms with Gasteiger partial charge in [0.2, 0.25) is 5.91 Å². The van der Waals surface area contributed by atoms with Gasteiger partial charge in [0.15, 0.2) is 0 Å². The number of halogens is 1. The lowest BCUT2D eigenvalue weighted by Crippen LogP contribution is -2.49. The minimum Gasteiger partial charge on any atom is -0.351 e. The Morgan fingerprint density at radius 3 is 2.66 bits per heavy atom. The van der Waals surface area contributed by atoms with Crippen LogP contribution in [0.25, 0.3) is 0 Å². The van der Waals surface area contributed by atoms with Gasteiger partial charge in [-0.15, -0.1) is 0 Å². The average molecular weight is 389 g/mol. The molecule has 0 bridgehead atoms. The molecule has 0 unspecified atom stereocenters. The fraction of sp³-hybridized carbons (Fsp3) is 0.227. The van der Waals surface area contributed by atoms with E-state index in [4.69, 9.17) is 5.26 Å². The van der Waals surface area contributed by atoms with Gasteiger partial charge in [0, 0.05) is 26.1 Å². The van der Waals surface area contributed by atoms with Crippen LogP contribution >= 0.6 is 0 Å². The van der Waals surface area contributed by atoms with E-state index in [9.17, 15) is 9.18 Å². The zero-order valence-corrected chi connectivity index (χ0v) is 15.7. The van der Waals surface area contributed by atoms with Gasteiger partial charge in [-0.25, -0.2) is 9.37 Å². The molecule has 1 aromatic heterocycles. The summed E-state index contributed by atoms with van der Waals surface area (Å²) in [7, 11) is 0. The third kappa shape index (κ3) is 4.33. The summed E-state index contributed by atoms with van der Waals surface area (Å²) < 4.78 is 13.2. The van der Waals surface area contributed by atoms with E-state index >= 15 is 0 Å². The van der Waals surface area contributed by atoms with Crippen molar-refractivity contribution in [3.05, 3.63) is 88.8 Å². The smallest absolute Gasteiger partial charge is 0.238 e. The number of nitrogens with one attached hydrogen (secondary N) is 2. The van der Waals surface area contributed by atoms with Crippen LogP contribution in [0, 0.1) is 17.1 Å². The van der Waals surface area contributed by atoms with Crippen LogP contribution in [0.2, 0.25) is 0 Å².